The number of rotatable bonds is 12. The standard InChI is InChI=1S/C21H30FN3O4S/c1-4-5-13-25(30(27,28)20-10-8-18(22)9-11-20)17-21(26)24(14-15-29-3)16-19-7-6-12-23(19)2/h6-12H,4-5,13-17H2,1-3H3. The quantitative estimate of drug-likeness (QED) is 0.510. The largest absolute Gasteiger partial charge is 0.383 e. The van der Waals surface area contributed by atoms with E-state index < -0.39 is 15.8 Å². The van der Waals surface area contributed by atoms with Gasteiger partial charge >= 0.3 is 0 Å². The molecule has 0 radical (unpaired) electrons. The summed E-state index contributed by atoms with van der Waals surface area (Å²) in [7, 11) is -0.484. The Kier molecular flexibility index (Phi) is 9.01. The Morgan fingerprint density at radius 1 is 1.17 bits per heavy atom. The van der Waals surface area contributed by atoms with Crippen molar-refractivity contribution < 1.29 is 22.3 Å². The minimum Gasteiger partial charge on any atom is -0.383 e. The number of hydrogen-bond donors (Lipinski definition) is 0. The molecule has 9 heteroatoms. The molecule has 1 heterocycles. The summed E-state index contributed by atoms with van der Waals surface area (Å²) in [5.74, 6) is -0.825. The van der Waals surface area contributed by atoms with Crippen LogP contribution in [0.4, 0.5) is 4.39 Å². The first kappa shape index (κ1) is 24.0. The molecule has 1 amide bonds. The van der Waals surface area contributed by atoms with E-state index in [0.29, 0.717) is 26.1 Å². The molecule has 0 bridgehead atoms. The van der Waals surface area contributed by atoms with Gasteiger partial charge in [-0.3, -0.25) is 4.79 Å². The Labute approximate surface area is 178 Å². The predicted octanol–water partition coefficient (Wildman–Crippen LogP) is 2.63. The van der Waals surface area contributed by atoms with Gasteiger partial charge < -0.3 is 14.2 Å². The van der Waals surface area contributed by atoms with Crippen LogP contribution in [0, 0.1) is 5.82 Å². The highest BCUT2D eigenvalue weighted by molar-refractivity contribution is 7.89. The number of hydrogen-bond acceptors (Lipinski definition) is 4. The van der Waals surface area contributed by atoms with Gasteiger partial charge in [0.1, 0.15) is 5.82 Å². The third-order valence-corrected chi connectivity index (χ3v) is 6.71. The van der Waals surface area contributed by atoms with E-state index in [1.54, 1.807) is 12.0 Å². The number of nitrogens with zero attached hydrogens (tertiary/aromatic N) is 3. The van der Waals surface area contributed by atoms with E-state index in [4.69, 9.17) is 4.74 Å². The fraction of sp³-hybridized carbons (Fsp3) is 0.476. The highest BCUT2D eigenvalue weighted by Gasteiger charge is 2.28. The van der Waals surface area contributed by atoms with Crippen LogP contribution in [0.2, 0.25) is 0 Å². The smallest absolute Gasteiger partial charge is 0.243 e. The van der Waals surface area contributed by atoms with E-state index >= 15 is 0 Å². The fourth-order valence-electron chi connectivity index (χ4n) is 2.97. The molecule has 0 spiro atoms. The fourth-order valence-corrected chi connectivity index (χ4v) is 4.40. The monoisotopic (exact) mass is 439 g/mol. The summed E-state index contributed by atoms with van der Waals surface area (Å²) in [5, 5.41) is 0. The van der Waals surface area contributed by atoms with Crippen LogP contribution in [0.3, 0.4) is 0 Å². The van der Waals surface area contributed by atoms with Crippen LogP contribution in [0.15, 0.2) is 47.5 Å². The molecule has 30 heavy (non-hydrogen) atoms. The van der Waals surface area contributed by atoms with E-state index in [2.05, 4.69) is 0 Å². The van der Waals surface area contributed by atoms with Crippen LogP contribution in [0.5, 0.6) is 0 Å². The maximum atomic E-state index is 13.2. The molecule has 0 aliphatic heterocycles. The van der Waals surface area contributed by atoms with Gasteiger partial charge in [0.05, 0.1) is 24.6 Å². The number of methoxy groups -OCH3 is 1. The molecule has 0 unspecified atom stereocenters. The van der Waals surface area contributed by atoms with Gasteiger partial charge in [-0.15, -0.1) is 0 Å². The minimum atomic E-state index is -3.93. The van der Waals surface area contributed by atoms with E-state index in [0.717, 1.165) is 24.2 Å². The molecule has 2 rings (SSSR count). The van der Waals surface area contributed by atoms with Crippen LogP contribution in [-0.2, 0) is 33.1 Å². The van der Waals surface area contributed by atoms with Crippen molar-refractivity contribution in [3.8, 4) is 0 Å². The average molecular weight is 440 g/mol. The normalized spacial score (nSPS) is 11.8. The lowest BCUT2D eigenvalue weighted by Crippen LogP contribution is -2.44. The van der Waals surface area contributed by atoms with E-state index in [1.165, 1.54) is 16.4 Å². The molecule has 0 saturated carbocycles. The van der Waals surface area contributed by atoms with Crippen LogP contribution < -0.4 is 0 Å². The maximum absolute atomic E-state index is 13.2. The van der Waals surface area contributed by atoms with Crippen LogP contribution in [0.25, 0.3) is 0 Å². The Balaban J connectivity index is 2.24. The third kappa shape index (κ3) is 6.38. The van der Waals surface area contributed by atoms with Crippen molar-refractivity contribution in [2.45, 2.75) is 31.2 Å². The second-order valence-electron chi connectivity index (χ2n) is 7.06. The lowest BCUT2D eigenvalue weighted by molar-refractivity contribution is -0.132. The lowest BCUT2D eigenvalue weighted by Gasteiger charge is -2.27. The number of aryl methyl sites for hydroxylation is 1. The Morgan fingerprint density at radius 2 is 1.87 bits per heavy atom. The van der Waals surface area contributed by atoms with Crippen molar-refractivity contribution in [3.05, 3.63) is 54.1 Å². The summed E-state index contributed by atoms with van der Waals surface area (Å²) in [4.78, 5) is 14.7. The molecule has 0 fully saturated rings. The summed E-state index contributed by atoms with van der Waals surface area (Å²) < 4.78 is 47.6. The van der Waals surface area contributed by atoms with Crippen LogP contribution in [-0.4, -0.2) is 61.4 Å². The molecule has 0 saturated heterocycles. The zero-order valence-electron chi connectivity index (χ0n) is 17.8. The molecular weight excluding hydrogens is 409 g/mol. The van der Waals surface area contributed by atoms with Crippen LogP contribution >= 0.6 is 0 Å². The second kappa shape index (κ2) is 11.2. The van der Waals surface area contributed by atoms with Crippen LogP contribution in [0.1, 0.15) is 25.5 Å². The van der Waals surface area contributed by atoms with Crippen molar-refractivity contribution in [1.29, 1.82) is 0 Å². The number of unbranched alkanes of at least 4 members (excludes halogenated alkanes) is 1. The minimum absolute atomic E-state index is 0.0290. The molecular formula is C21H30FN3O4S. The first-order valence-corrected chi connectivity index (χ1v) is 11.4. The van der Waals surface area contributed by atoms with Crippen molar-refractivity contribution in [1.82, 2.24) is 13.8 Å². The van der Waals surface area contributed by atoms with Crippen molar-refractivity contribution >= 4 is 15.9 Å². The van der Waals surface area contributed by atoms with Gasteiger partial charge in [-0.1, -0.05) is 13.3 Å². The van der Waals surface area contributed by atoms with Gasteiger partial charge in [-0.25, -0.2) is 12.8 Å². The Bertz CT molecular complexity index is 913. The summed E-state index contributed by atoms with van der Waals surface area (Å²) in [6.07, 6.45) is 3.28. The SMILES string of the molecule is CCCCN(CC(=O)N(CCOC)Cc1cccn1C)S(=O)(=O)c1ccc(F)cc1. The zero-order valence-corrected chi connectivity index (χ0v) is 18.6. The molecule has 1 aromatic heterocycles. The average Bonchev–Trinajstić information content (AvgIpc) is 3.12. The van der Waals surface area contributed by atoms with E-state index in [-0.39, 0.29) is 23.9 Å². The number of carbonyl (C=O) groups excluding carboxylic acids is 1. The molecule has 0 N–H and O–H groups in total. The van der Waals surface area contributed by atoms with E-state index in [1.807, 2.05) is 36.9 Å². The summed E-state index contributed by atoms with van der Waals surface area (Å²) >= 11 is 0. The molecule has 166 valence electrons. The number of aromatic nitrogens is 1. The van der Waals surface area contributed by atoms with Gasteiger partial charge in [0.15, 0.2) is 0 Å². The topological polar surface area (TPSA) is 71.8 Å². The molecule has 0 aliphatic carbocycles. The number of benzene rings is 1. The number of halogens is 1. The predicted molar refractivity (Wildman–Crippen MR) is 113 cm³/mol. The summed E-state index contributed by atoms with van der Waals surface area (Å²) in [5.41, 5.74) is 0.931. The van der Waals surface area contributed by atoms with Gasteiger partial charge in [0.2, 0.25) is 15.9 Å². The number of carbonyl (C=O) groups is 1. The molecule has 0 aliphatic rings. The highest BCUT2D eigenvalue weighted by atomic mass is 32.2. The summed E-state index contributed by atoms with van der Waals surface area (Å²) in [6, 6.07) is 8.46. The zero-order chi connectivity index (χ0) is 22.1. The van der Waals surface area contributed by atoms with Gasteiger partial charge in [-0.2, -0.15) is 4.31 Å². The number of ether oxygens (including phenoxy) is 1. The van der Waals surface area contributed by atoms with Gasteiger partial charge in [0, 0.05) is 39.1 Å². The molecule has 2 aromatic rings. The van der Waals surface area contributed by atoms with Crippen molar-refractivity contribution in [2.24, 2.45) is 7.05 Å². The van der Waals surface area contributed by atoms with Crippen molar-refractivity contribution in [2.75, 3.05) is 33.4 Å². The second-order valence-corrected chi connectivity index (χ2v) is 9.00. The highest BCUT2D eigenvalue weighted by Crippen LogP contribution is 2.18. The molecule has 1 aromatic carbocycles. The first-order chi connectivity index (χ1) is 14.3. The first-order valence-electron chi connectivity index (χ1n) is 9.92. The maximum Gasteiger partial charge on any atom is 0.243 e. The van der Waals surface area contributed by atoms with Crippen molar-refractivity contribution in [3.63, 3.8) is 0 Å². The van der Waals surface area contributed by atoms with E-state index in [9.17, 15) is 17.6 Å². The lowest BCUT2D eigenvalue weighted by atomic mass is 10.3. The molecule has 7 nitrogen and oxygen atoms in total. The van der Waals surface area contributed by atoms with Gasteiger partial charge in [-0.05, 0) is 42.8 Å². The number of amides is 1. The summed E-state index contributed by atoms with van der Waals surface area (Å²) in [6.45, 7) is 2.92. The Hall–Kier alpha value is -2.23. The van der Waals surface area contributed by atoms with Gasteiger partial charge in [0.25, 0.3) is 0 Å². The third-order valence-electron chi connectivity index (χ3n) is 4.85. The Morgan fingerprint density at radius 3 is 2.43 bits per heavy atom. The molecule has 0 atom stereocenters. The number of sulfonamides is 1.